The van der Waals surface area contributed by atoms with Gasteiger partial charge in [0.2, 0.25) is 10.0 Å². The van der Waals surface area contributed by atoms with Crippen LogP contribution < -0.4 is 10.6 Å². The molecule has 0 saturated carbocycles. The fraction of sp³-hybridized carbons (Fsp3) is 0.562. The Kier molecular flexibility index (Phi) is 11.4. The number of ether oxygens (including phenoxy) is 2. The molecule has 12 heteroatoms. The van der Waals surface area contributed by atoms with Gasteiger partial charge in [-0.3, -0.25) is 4.79 Å². The lowest BCUT2D eigenvalue weighted by Crippen LogP contribution is -2.53. The van der Waals surface area contributed by atoms with Crippen molar-refractivity contribution in [3.05, 3.63) is 70.0 Å². The number of methoxy groups -OCH3 is 1. The molecule has 44 heavy (non-hydrogen) atoms. The third-order valence-electron chi connectivity index (χ3n) is 8.69. The quantitative estimate of drug-likeness (QED) is 0.369. The van der Waals surface area contributed by atoms with Crippen molar-refractivity contribution < 1.29 is 31.9 Å². The number of carbonyl (C=O) groups excluding carboxylic acids is 2. The van der Waals surface area contributed by atoms with Gasteiger partial charge in [0.15, 0.2) is 5.78 Å². The van der Waals surface area contributed by atoms with Gasteiger partial charge in [0.05, 0.1) is 25.0 Å². The minimum atomic E-state index is -3.43. The fourth-order valence-corrected chi connectivity index (χ4v) is 7.92. The van der Waals surface area contributed by atoms with Gasteiger partial charge in [0, 0.05) is 49.6 Å². The Morgan fingerprint density at radius 3 is 2.61 bits per heavy atom. The summed E-state index contributed by atoms with van der Waals surface area (Å²) in [7, 11) is -2.18. The van der Waals surface area contributed by atoms with Crippen molar-refractivity contribution in [3.63, 3.8) is 0 Å². The second-order valence-corrected chi connectivity index (χ2v) is 14.7. The minimum Gasteiger partial charge on any atom is -0.453 e. The van der Waals surface area contributed by atoms with Crippen LogP contribution in [0, 0.1) is 11.7 Å². The maximum absolute atomic E-state index is 15.3. The number of carbonyl (C=O) groups is 2. The van der Waals surface area contributed by atoms with Crippen LogP contribution in [0.3, 0.4) is 0 Å². The van der Waals surface area contributed by atoms with Crippen LogP contribution in [0.25, 0.3) is 0 Å². The van der Waals surface area contributed by atoms with Crippen molar-refractivity contribution in [3.8, 4) is 0 Å². The lowest BCUT2D eigenvalue weighted by atomic mass is 9.71. The Balaban J connectivity index is 1.65. The van der Waals surface area contributed by atoms with Gasteiger partial charge in [-0.1, -0.05) is 35.9 Å². The van der Waals surface area contributed by atoms with E-state index in [0.29, 0.717) is 61.7 Å². The van der Waals surface area contributed by atoms with E-state index in [-0.39, 0.29) is 30.6 Å². The highest BCUT2D eigenvalue weighted by atomic mass is 35.5. The van der Waals surface area contributed by atoms with Crippen LogP contribution in [0.2, 0.25) is 5.02 Å². The number of hydrogen-bond acceptors (Lipinski definition) is 7. The highest BCUT2D eigenvalue weighted by molar-refractivity contribution is 7.88. The van der Waals surface area contributed by atoms with E-state index >= 15 is 4.39 Å². The number of alkyl carbamates (subject to hydrolysis) is 1. The number of halogens is 2. The molecule has 2 aromatic carbocycles. The summed E-state index contributed by atoms with van der Waals surface area (Å²) in [5.41, 5.74) is 1.29. The fourth-order valence-electron chi connectivity index (χ4n) is 6.65. The van der Waals surface area contributed by atoms with Crippen molar-refractivity contribution in [1.82, 2.24) is 14.9 Å². The van der Waals surface area contributed by atoms with E-state index in [1.54, 1.807) is 24.3 Å². The van der Waals surface area contributed by atoms with Crippen LogP contribution in [-0.4, -0.2) is 81.9 Å². The van der Waals surface area contributed by atoms with Crippen LogP contribution in [-0.2, 0) is 37.1 Å². The summed E-state index contributed by atoms with van der Waals surface area (Å²) in [5, 5.41) is 6.57. The third kappa shape index (κ3) is 8.78. The molecule has 9 nitrogen and oxygen atoms in total. The van der Waals surface area contributed by atoms with Crippen LogP contribution in [0.1, 0.15) is 55.7 Å². The summed E-state index contributed by atoms with van der Waals surface area (Å²) in [6.45, 7) is 5.89. The summed E-state index contributed by atoms with van der Waals surface area (Å²) in [6, 6.07) is 10.6. The number of nitrogens with zero attached hydrogens (tertiary/aromatic N) is 1. The van der Waals surface area contributed by atoms with Crippen molar-refractivity contribution in [2.45, 2.75) is 69.6 Å². The minimum absolute atomic E-state index is 0.0150. The van der Waals surface area contributed by atoms with E-state index in [2.05, 4.69) is 10.6 Å². The molecule has 0 bridgehead atoms. The van der Waals surface area contributed by atoms with E-state index < -0.39 is 39.5 Å². The molecule has 2 fully saturated rings. The molecular weight excluding hydrogens is 609 g/mol. The first-order chi connectivity index (χ1) is 20.8. The van der Waals surface area contributed by atoms with E-state index in [1.807, 2.05) is 26.0 Å². The normalized spacial score (nSPS) is 22.1. The number of hydrogen-bond donors (Lipinski definition) is 2. The average molecular weight is 652 g/mol. The molecule has 2 saturated heterocycles. The standard InChI is InChI=1S/C32H43ClFN3O6S/c1-32(2)19-23(14-17-43-32)29(21-8-10-24(33)11-9-21)30(36-31(39)42-3)28(38)18-22-6-5-7-27(34)26(22)13-12-25-20-35-15-16-37(25)44(4,40)41/h5-11,23,25,29-30,35H,12-20H2,1-4H3,(H,36,39)/t23?,25-,29-,30+/m0/s1. The van der Waals surface area contributed by atoms with Gasteiger partial charge < -0.3 is 20.1 Å². The molecule has 1 unspecified atom stereocenters. The van der Waals surface area contributed by atoms with Crippen LogP contribution in [0.15, 0.2) is 42.5 Å². The molecule has 242 valence electrons. The SMILES string of the molecule is COC(=O)N[C@H](C(=O)Cc1cccc(F)c1CC[C@H]1CNCCN1S(C)(=O)=O)[C@@H](c1ccc(Cl)cc1)C1CCOC(C)(C)C1. The maximum atomic E-state index is 15.3. The van der Waals surface area contributed by atoms with Gasteiger partial charge in [0.25, 0.3) is 0 Å². The smallest absolute Gasteiger partial charge is 0.407 e. The predicted molar refractivity (Wildman–Crippen MR) is 168 cm³/mol. The molecule has 2 aliphatic rings. The number of Topliss-reactive ketones (excluding diaryl/α,β-unsaturated/α-hetero) is 1. The zero-order valence-corrected chi connectivity index (χ0v) is 27.3. The van der Waals surface area contributed by atoms with Crippen LogP contribution in [0.5, 0.6) is 0 Å². The van der Waals surface area contributed by atoms with Crippen molar-refractivity contribution >= 4 is 33.5 Å². The summed E-state index contributed by atoms with van der Waals surface area (Å²) in [5.74, 6) is -1.18. The molecule has 2 heterocycles. The lowest BCUT2D eigenvalue weighted by Gasteiger charge is -2.41. The third-order valence-corrected chi connectivity index (χ3v) is 10.3. The van der Waals surface area contributed by atoms with Gasteiger partial charge in [-0.25, -0.2) is 17.6 Å². The van der Waals surface area contributed by atoms with Gasteiger partial charge in [-0.05, 0) is 80.3 Å². The van der Waals surface area contributed by atoms with E-state index in [4.69, 9.17) is 21.1 Å². The Hall–Kier alpha value is -2.57. The number of nitrogens with one attached hydrogen (secondary N) is 2. The summed E-state index contributed by atoms with van der Waals surface area (Å²) < 4.78 is 52.4. The summed E-state index contributed by atoms with van der Waals surface area (Å²) in [4.78, 5) is 26.9. The summed E-state index contributed by atoms with van der Waals surface area (Å²) >= 11 is 6.20. The number of piperazine rings is 1. The first-order valence-corrected chi connectivity index (χ1v) is 17.2. The molecule has 4 atom stereocenters. The van der Waals surface area contributed by atoms with Gasteiger partial charge in [-0.15, -0.1) is 0 Å². The molecule has 2 aliphatic heterocycles. The molecule has 0 aromatic heterocycles. The topological polar surface area (TPSA) is 114 Å². The van der Waals surface area contributed by atoms with Crippen LogP contribution in [0.4, 0.5) is 9.18 Å². The molecule has 2 aromatic rings. The largest absolute Gasteiger partial charge is 0.453 e. The average Bonchev–Trinajstić information content (AvgIpc) is 2.96. The number of rotatable bonds is 11. The number of sulfonamides is 1. The van der Waals surface area contributed by atoms with Gasteiger partial charge >= 0.3 is 6.09 Å². The molecule has 0 spiro atoms. The van der Waals surface area contributed by atoms with Crippen molar-refractivity contribution in [2.24, 2.45) is 5.92 Å². The summed E-state index contributed by atoms with van der Waals surface area (Å²) in [6.07, 6.45) is 2.29. The number of amides is 1. The van der Waals surface area contributed by atoms with Gasteiger partial charge in [-0.2, -0.15) is 4.31 Å². The van der Waals surface area contributed by atoms with E-state index in [9.17, 15) is 18.0 Å². The van der Waals surface area contributed by atoms with E-state index in [1.165, 1.54) is 23.7 Å². The first kappa shape index (κ1) is 34.3. The first-order valence-electron chi connectivity index (χ1n) is 15.0. The molecule has 2 N–H and O–H groups in total. The molecule has 1 amide bonds. The Morgan fingerprint density at radius 1 is 1.23 bits per heavy atom. The van der Waals surface area contributed by atoms with Crippen molar-refractivity contribution in [1.29, 1.82) is 0 Å². The molecule has 4 rings (SSSR count). The lowest BCUT2D eigenvalue weighted by molar-refractivity contribution is -0.122. The van der Waals surface area contributed by atoms with Crippen molar-refractivity contribution in [2.75, 3.05) is 39.6 Å². The molecule has 0 radical (unpaired) electrons. The Morgan fingerprint density at radius 2 is 1.95 bits per heavy atom. The number of ketones is 1. The Bertz CT molecular complexity index is 1420. The monoisotopic (exact) mass is 651 g/mol. The van der Waals surface area contributed by atoms with Crippen LogP contribution >= 0.6 is 11.6 Å². The highest BCUT2D eigenvalue weighted by Crippen LogP contribution is 2.41. The zero-order valence-electron chi connectivity index (χ0n) is 25.8. The highest BCUT2D eigenvalue weighted by Gasteiger charge is 2.41. The zero-order chi connectivity index (χ0) is 32.1. The van der Waals surface area contributed by atoms with Gasteiger partial charge in [0.1, 0.15) is 5.82 Å². The second kappa shape index (κ2) is 14.7. The molecular formula is C32H43ClFN3O6S. The van der Waals surface area contributed by atoms with E-state index in [0.717, 1.165) is 5.56 Å². The second-order valence-electron chi connectivity index (χ2n) is 12.3. The predicted octanol–water partition coefficient (Wildman–Crippen LogP) is 4.47. The number of benzene rings is 2. The Labute approximate surface area is 264 Å². The molecule has 0 aliphatic carbocycles. The maximum Gasteiger partial charge on any atom is 0.407 e.